The Bertz CT molecular complexity index is 1230. The Morgan fingerprint density at radius 1 is 1.00 bits per heavy atom. The van der Waals surface area contributed by atoms with E-state index in [1.54, 1.807) is 48.8 Å². The Labute approximate surface area is 190 Å². The standard InChI is InChI=1S/C22H20N4O6S/c27-22(24-28)21-14-16(25-32-19-4-2-1-3-5-19)15-26(21)33(29,30)20-8-6-17(7-9-20)31-18-10-12-23-13-11-18/h1-13,21,28H,14-15H2,(H,24,27)/b25-16-/t21-/m1/s1. The van der Waals surface area contributed by atoms with Crippen LogP contribution in [0.4, 0.5) is 0 Å². The first kappa shape index (κ1) is 22.4. The number of pyridine rings is 1. The minimum absolute atomic E-state index is 0.0261. The van der Waals surface area contributed by atoms with Crippen molar-refractivity contribution < 1.29 is 28.0 Å². The largest absolute Gasteiger partial charge is 0.457 e. The van der Waals surface area contributed by atoms with Crippen molar-refractivity contribution in [3.8, 4) is 17.2 Å². The van der Waals surface area contributed by atoms with E-state index < -0.39 is 22.0 Å². The molecule has 2 aromatic carbocycles. The van der Waals surface area contributed by atoms with Crippen LogP contribution in [0.5, 0.6) is 17.2 Å². The molecule has 1 atom stereocenters. The number of ether oxygens (including phenoxy) is 1. The third-order valence-electron chi connectivity index (χ3n) is 4.87. The van der Waals surface area contributed by atoms with Crippen molar-refractivity contribution in [3.05, 3.63) is 79.1 Å². The summed E-state index contributed by atoms with van der Waals surface area (Å²) in [5.74, 6) is 0.601. The van der Waals surface area contributed by atoms with Gasteiger partial charge in [0.15, 0.2) is 5.75 Å². The fraction of sp³-hybridized carbons (Fsp3) is 0.136. The maximum Gasteiger partial charge on any atom is 0.262 e. The van der Waals surface area contributed by atoms with E-state index in [1.165, 1.54) is 29.7 Å². The van der Waals surface area contributed by atoms with Gasteiger partial charge in [0, 0.05) is 18.8 Å². The lowest BCUT2D eigenvalue weighted by Gasteiger charge is -2.21. The summed E-state index contributed by atoms with van der Waals surface area (Å²) < 4.78 is 33.2. The number of hydroxylamine groups is 1. The van der Waals surface area contributed by atoms with Gasteiger partial charge in [-0.3, -0.25) is 15.0 Å². The van der Waals surface area contributed by atoms with Crippen LogP contribution in [0.15, 0.2) is 89.2 Å². The number of para-hydroxylation sites is 1. The van der Waals surface area contributed by atoms with E-state index in [4.69, 9.17) is 14.8 Å². The van der Waals surface area contributed by atoms with Crippen LogP contribution in [0.1, 0.15) is 6.42 Å². The predicted molar refractivity (Wildman–Crippen MR) is 117 cm³/mol. The van der Waals surface area contributed by atoms with Gasteiger partial charge in [-0.25, -0.2) is 13.9 Å². The number of aromatic nitrogens is 1. The molecular formula is C22H20N4O6S. The highest BCUT2D eigenvalue weighted by Gasteiger charge is 2.43. The van der Waals surface area contributed by atoms with Gasteiger partial charge in [-0.15, -0.1) is 0 Å². The number of rotatable bonds is 7. The summed E-state index contributed by atoms with van der Waals surface area (Å²) in [5, 5.41) is 13.1. The summed E-state index contributed by atoms with van der Waals surface area (Å²) >= 11 is 0. The van der Waals surface area contributed by atoms with E-state index in [0.717, 1.165) is 4.31 Å². The Kier molecular flexibility index (Phi) is 6.63. The first-order chi connectivity index (χ1) is 16.0. The Morgan fingerprint density at radius 2 is 1.67 bits per heavy atom. The number of carbonyl (C=O) groups is 1. The summed E-state index contributed by atoms with van der Waals surface area (Å²) in [4.78, 5) is 21.4. The molecule has 4 rings (SSSR count). The minimum atomic E-state index is -4.09. The number of benzene rings is 2. The van der Waals surface area contributed by atoms with Gasteiger partial charge in [-0.1, -0.05) is 23.4 Å². The molecule has 0 aliphatic carbocycles. The third kappa shape index (κ3) is 5.17. The molecular weight excluding hydrogens is 448 g/mol. The summed E-state index contributed by atoms with van der Waals surface area (Å²) in [6.07, 6.45) is 3.13. The highest BCUT2D eigenvalue weighted by molar-refractivity contribution is 7.89. The number of hydrogen-bond acceptors (Lipinski definition) is 8. The van der Waals surface area contributed by atoms with Crippen molar-refractivity contribution >= 4 is 21.6 Å². The number of nitrogens with one attached hydrogen (secondary N) is 1. The number of hydrogen-bond donors (Lipinski definition) is 2. The van der Waals surface area contributed by atoms with E-state index in [2.05, 4.69) is 10.1 Å². The second kappa shape index (κ2) is 9.77. The average Bonchev–Trinajstić information content (AvgIpc) is 3.29. The molecule has 2 heterocycles. The molecule has 1 amide bonds. The molecule has 1 saturated heterocycles. The first-order valence-electron chi connectivity index (χ1n) is 9.89. The van der Waals surface area contributed by atoms with Crippen molar-refractivity contribution in [2.75, 3.05) is 6.54 Å². The van der Waals surface area contributed by atoms with Crippen LogP contribution in [-0.4, -0.2) is 47.1 Å². The molecule has 2 N–H and O–H groups in total. The SMILES string of the molecule is O=C(NO)[C@H]1C/C(=N/Oc2ccccc2)CN1S(=O)(=O)c1ccc(Oc2ccncc2)cc1. The summed E-state index contributed by atoms with van der Waals surface area (Å²) in [6, 6.07) is 16.7. The molecule has 0 radical (unpaired) electrons. The van der Waals surface area contributed by atoms with E-state index in [9.17, 15) is 13.2 Å². The second-order valence-corrected chi connectivity index (χ2v) is 8.96. The topological polar surface area (TPSA) is 130 Å². The smallest absolute Gasteiger partial charge is 0.262 e. The highest BCUT2D eigenvalue weighted by atomic mass is 32.2. The molecule has 1 aromatic heterocycles. The molecule has 0 spiro atoms. The zero-order chi connectivity index (χ0) is 23.3. The second-order valence-electron chi connectivity index (χ2n) is 7.06. The van der Waals surface area contributed by atoms with Crippen molar-refractivity contribution in [3.63, 3.8) is 0 Å². The summed E-state index contributed by atoms with van der Waals surface area (Å²) in [7, 11) is -4.09. The van der Waals surface area contributed by atoms with Gasteiger partial charge in [-0.2, -0.15) is 4.31 Å². The zero-order valence-corrected chi connectivity index (χ0v) is 18.1. The van der Waals surface area contributed by atoms with Gasteiger partial charge in [0.25, 0.3) is 5.91 Å². The van der Waals surface area contributed by atoms with Crippen molar-refractivity contribution in [2.24, 2.45) is 5.16 Å². The van der Waals surface area contributed by atoms with Crippen LogP contribution >= 0.6 is 0 Å². The molecule has 1 fully saturated rings. The molecule has 10 nitrogen and oxygen atoms in total. The van der Waals surface area contributed by atoms with Gasteiger partial charge in [0.05, 0.1) is 17.2 Å². The number of amides is 1. The quantitative estimate of drug-likeness (QED) is 0.403. The van der Waals surface area contributed by atoms with Crippen LogP contribution < -0.4 is 15.1 Å². The van der Waals surface area contributed by atoms with Crippen LogP contribution in [0, 0.1) is 0 Å². The lowest BCUT2D eigenvalue weighted by Crippen LogP contribution is -2.45. The fourth-order valence-electron chi connectivity index (χ4n) is 3.25. The van der Waals surface area contributed by atoms with E-state index >= 15 is 0 Å². The van der Waals surface area contributed by atoms with Crippen LogP contribution in [0.2, 0.25) is 0 Å². The van der Waals surface area contributed by atoms with Gasteiger partial charge in [-0.05, 0) is 48.5 Å². The van der Waals surface area contributed by atoms with E-state index in [-0.39, 0.29) is 17.9 Å². The molecule has 1 aliphatic rings. The number of carbonyl (C=O) groups excluding carboxylic acids is 1. The Hall–Kier alpha value is -3.80. The summed E-state index contributed by atoms with van der Waals surface area (Å²) in [6.45, 7) is -0.164. The van der Waals surface area contributed by atoms with Gasteiger partial charge >= 0.3 is 0 Å². The molecule has 3 aromatic rings. The van der Waals surface area contributed by atoms with Crippen molar-refractivity contribution in [2.45, 2.75) is 17.4 Å². The Balaban J connectivity index is 1.54. The van der Waals surface area contributed by atoms with Crippen LogP contribution in [-0.2, 0) is 14.8 Å². The maximum absolute atomic E-state index is 13.3. The minimum Gasteiger partial charge on any atom is -0.457 e. The first-order valence-corrected chi connectivity index (χ1v) is 11.3. The Morgan fingerprint density at radius 3 is 2.33 bits per heavy atom. The monoisotopic (exact) mass is 468 g/mol. The van der Waals surface area contributed by atoms with E-state index in [1.807, 2.05) is 6.07 Å². The predicted octanol–water partition coefficient (Wildman–Crippen LogP) is 2.58. The van der Waals surface area contributed by atoms with Crippen molar-refractivity contribution in [1.82, 2.24) is 14.8 Å². The van der Waals surface area contributed by atoms with E-state index in [0.29, 0.717) is 23.0 Å². The molecule has 0 saturated carbocycles. The molecule has 0 bridgehead atoms. The molecule has 33 heavy (non-hydrogen) atoms. The molecule has 1 aliphatic heterocycles. The fourth-order valence-corrected chi connectivity index (χ4v) is 4.83. The normalized spacial score (nSPS) is 17.6. The van der Waals surface area contributed by atoms with Crippen LogP contribution in [0.25, 0.3) is 0 Å². The molecule has 170 valence electrons. The maximum atomic E-state index is 13.3. The molecule has 11 heteroatoms. The van der Waals surface area contributed by atoms with Gasteiger partial charge < -0.3 is 9.57 Å². The molecule has 0 unspecified atom stereocenters. The lowest BCUT2D eigenvalue weighted by molar-refractivity contribution is -0.132. The third-order valence-corrected chi connectivity index (χ3v) is 6.74. The lowest BCUT2D eigenvalue weighted by atomic mass is 10.2. The average molecular weight is 468 g/mol. The van der Waals surface area contributed by atoms with Crippen molar-refractivity contribution in [1.29, 1.82) is 0 Å². The highest BCUT2D eigenvalue weighted by Crippen LogP contribution is 2.28. The number of sulfonamides is 1. The number of oxime groups is 1. The summed E-state index contributed by atoms with van der Waals surface area (Å²) in [5.41, 5.74) is 1.87. The number of nitrogens with zero attached hydrogens (tertiary/aromatic N) is 3. The van der Waals surface area contributed by atoms with Gasteiger partial charge in [0.2, 0.25) is 10.0 Å². The van der Waals surface area contributed by atoms with Gasteiger partial charge in [0.1, 0.15) is 17.5 Å². The van der Waals surface area contributed by atoms with Crippen LogP contribution in [0.3, 0.4) is 0 Å². The zero-order valence-electron chi connectivity index (χ0n) is 17.2.